The lowest BCUT2D eigenvalue weighted by Crippen LogP contribution is -2.41. The Morgan fingerprint density at radius 3 is 2.29 bits per heavy atom. The number of hydrogen-bond acceptors (Lipinski definition) is 4. The van der Waals surface area contributed by atoms with Gasteiger partial charge in [0.15, 0.2) is 0 Å². The number of nitrogens with two attached hydrogens (primary N) is 1. The molecule has 0 spiro atoms. The fraction of sp³-hybridized carbons (Fsp3) is 0.545. The van der Waals surface area contributed by atoms with E-state index in [0.29, 0.717) is 10.8 Å². The zero-order chi connectivity index (χ0) is 12.8. The predicted octanol–water partition coefficient (Wildman–Crippen LogP) is 1.62. The number of nitrogens with zero attached hydrogens (tertiary/aromatic N) is 1. The highest BCUT2D eigenvalue weighted by molar-refractivity contribution is 6.64. The largest absolute Gasteiger partial charge is 0.497 e. The van der Waals surface area contributed by atoms with Crippen LogP contribution in [-0.4, -0.2) is 23.3 Å². The van der Waals surface area contributed by atoms with Gasteiger partial charge in [-0.3, -0.25) is 0 Å². The van der Waals surface area contributed by atoms with Crippen molar-refractivity contribution in [1.29, 1.82) is 0 Å². The molecule has 1 aliphatic rings. The maximum absolute atomic E-state index is 5.90. The third-order valence-corrected chi connectivity index (χ3v) is 3.65. The van der Waals surface area contributed by atoms with Crippen LogP contribution in [0.3, 0.4) is 0 Å². The summed E-state index contributed by atoms with van der Waals surface area (Å²) in [5.41, 5.74) is 6.33. The molecule has 17 heavy (non-hydrogen) atoms. The van der Waals surface area contributed by atoms with E-state index in [2.05, 4.69) is 4.98 Å². The first-order valence-electron chi connectivity index (χ1n) is 5.49. The number of anilines is 1. The summed E-state index contributed by atoms with van der Waals surface area (Å²) in [5.74, 6) is 0. The molecule has 2 heterocycles. The molecule has 1 aliphatic heterocycles. The lowest BCUT2D eigenvalue weighted by atomic mass is 9.78. The van der Waals surface area contributed by atoms with Crippen molar-refractivity contribution in [1.82, 2.24) is 4.98 Å². The molecule has 0 aromatic carbocycles. The molecule has 4 nitrogen and oxygen atoms in total. The van der Waals surface area contributed by atoms with E-state index in [4.69, 9.17) is 26.6 Å². The van der Waals surface area contributed by atoms with Crippen LogP contribution in [0.15, 0.2) is 12.3 Å². The van der Waals surface area contributed by atoms with Crippen LogP contribution >= 0.6 is 11.6 Å². The minimum atomic E-state index is -0.500. The normalized spacial score (nSPS) is 21.8. The van der Waals surface area contributed by atoms with Gasteiger partial charge in [0.2, 0.25) is 0 Å². The number of halogens is 1. The summed E-state index contributed by atoms with van der Waals surface area (Å²) in [6.45, 7) is 7.97. The number of pyridine rings is 1. The quantitative estimate of drug-likeness (QED) is 0.611. The van der Waals surface area contributed by atoms with Crippen LogP contribution in [-0.2, 0) is 9.31 Å². The molecule has 92 valence electrons. The summed E-state index contributed by atoms with van der Waals surface area (Å²) >= 11 is 5.86. The molecule has 1 fully saturated rings. The molecule has 1 aromatic heterocycles. The summed E-state index contributed by atoms with van der Waals surface area (Å²) in [7, 11) is -0.500. The van der Waals surface area contributed by atoms with Crippen molar-refractivity contribution >= 4 is 29.9 Å². The molecule has 0 amide bonds. The van der Waals surface area contributed by atoms with Gasteiger partial charge in [0.05, 0.1) is 17.4 Å². The van der Waals surface area contributed by atoms with E-state index in [0.717, 1.165) is 5.46 Å². The van der Waals surface area contributed by atoms with Crippen molar-refractivity contribution in [2.24, 2.45) is 0 Å². The lowest BCUT2D eigenvalue weighted by molar-refractivity contribution is 0.00578. The molecule has 0 atom stereocenters. The van der Waals surface area contributed by atoms with Crippen LogP contribution in [0.5, 0.6) is 0 Å². The molecule has 2 rings (SSSR count). The van der Waals surface area contributed by atoms with Crippen molar-refractivity contribution in [3.63, 3.8) is 0 Å². The highest BCUT2D eigenvalue weighted by atomic mass is 35.5. The van der Waals surface area contributed by atoms with Gasteiger partial charge in [0.1, 0.15) is 5.15 Å². The number of nitrogen functional groups attached to an aromatic ring is 1. The highest BCUT2D eigenvalue weighted by Crippen LogP contribution is 2.36. The molecule has 6 heteroatoms. The van der Waals surface area contributed by atoms with Crippen molar-refractivity contribution in [2.75, 3.05) is 5.73 Å². The second-order valence-electron chi connectivity index (χ2n) is 5.22. The van der Waals surface area contributed by atoms with Crippen LogP contribution < -0.4 is 11.2 Å². The van der Waals surface area contributed by atoms with Gasteiger partial charge < -0.3 is 15.0 Å². The molecule has 0 saturated carbocycles. The third-order valence-electron chi connectivity index (χ3n) is 3.44. The molecule has 0 bridgehead atoms. The van der Waals surface area contributed by atoms with E-state index in [1.165, 1.54) is 6.20 Å². The molecule has 0 unspecified atom stereocenters. The topological polar surface area (TPSA) is 57.4 Å². The SMILES string of the molecule is CC1(C)OB(c2cc(Cl)ncc2N)OC1(C)C. The van der Waals surface area contributed by atoms with Gasteiger partial charge in [0, 0.05) is 11.2 Å². The molecule has 0 aliphatic carbocycles. The first-order chi connectivity index (χ1) is 7.73. The van der Waals surface area contributed by atoms with Gasteiger partial charge in [-0.05, 0) is 33.8 Å². The zero-order valence-corrected chi connectivity index (χ0v) is 11.2. The lowest BCUT2D eigenvalue weighted by Gasteiger charge is -2.32. The first kappa shape index (κ1) is 12.7. The maximum atomic E-state index is 5.90. The molecule has 0 radical (unpaired) electrons. The van der Waals surface area contributed by atoms with Gasteiger partial charge in [-0.25, -0.2) is 4.98 Å². The minimum absolute atomic E-state index is 0.379. The number of aromatic nitrogens is 1. The third kappa shape index (κ3) is 2.15. The van der Waals surface area contributed by atoms with Gasteiger partial charge in [-0.15, -0.1) is 0 Å². The van der Waals surface area contributed by atoms with Crippen molar-refractivity contribution in [3.05, 3.63) is 17.4 Å². The van der Waals surface area contributed by atoms with E-state index in [1.807, 2.05) is 27.7 Å². The molecular formula is C11H16BClN2O2. The van der Waals surface area contributed by atoms with Gasteiger partial charge in [-0.1, -0.05) is 11.6 Å². The van der Waals surface area contributed by atoms with Crippen LogP contribution in [0.2, 0.25) is 5.15 Å². The average molecular weight is 255 g/mol. The van der Waals surface area contributed by atoms with Gasteiger partial charge in [0.25, 0.3) is 0 Å². The Labute approximate surface area is 107 Å². The standard InChI is InChI=1S/C11H16BClN2O2/c1-10(2)11(3,4)17-12(16-10)7-5-9(13)15-6-8(7)14/h5-6H,14H2,1-4H3. The van der Waals surface area contributed by atoms with Gasteiger partial charge in [-0.2, -0.15) is 0 Å². The van der Waals surface area contributed by atoms with Crippen molar-refractivity contribution < 1.29 is 9.31 Å². The van der Waals surface area contributed by atoms with Crippen LogP contribution in [0.4, 0.5) is 5.69 Å². The van der Waals surface area contributed by atoms with Crippen LogP contribution in [0.1, 0.15) is 27.7 Å². The zero-order valence-electron chi connectivity index (χ0n) is 10.5. The fourth-order valence-corrected chi connectivity index (χ4v) is 1.80. The predicted molar refractivity (Wildman–Crippen MR) is 69.4 cm³/mol. The molecule has 1 aromatic rings. The van der Waals surface area contributed by atoms with Crippen molar-refractivity contribution in [3.8, 4) is 0 Å². The van der Waals surface area contributed by atoms with Gasteiger partial charge >= 0.3 is 7.12 Å². The summed E-state index contributed by atoms with van der Waals surface area (Å²) in [6.07, 6.45) is 1.52. The summed E-state index contributed by atoms with van der Waals surface area (Å²) < 4.78 is 11.8. The van der Waals surface area contributed by atoms with E-state index in [-0.39, 0.29) is 11.2 Å². The number of hydrogen-bond donors (Lipinski definition) is 1. The monoisotopic (exact) mass is 254 g/mol. The Balaban J connectivity index is 2.35. The van der Waals surface area contributed by atoms with E-state index in [9.17, 15) is 0 Å². The van der Waals surface area contributed by atoms with Crippen molar-refractivity contribution in [2.45, 2.75) is 38.9 Å². The average Bonchev–Trinajstić information content (AvgIpc) is 2.40. The Hall–Kier alpha value is -0.775. The fourth-order valence-electron chi connectivity index (χ4n) is 1.63. The van der Waals surface area contributed by atoms with Crippen LogP contribution in [0.25, 0.3) is 0 Å². The summed E-state index contributed by atoms with van der Waals surface area (Å²) in [6, 6.07) is 1.68. The maximum Gasteiger partial charge on any atom is 0.497 e. The van der Waals surface area contributed by atoms with Crippen LogP contribution in [0, 0.1) is 0 Å². The van der Waals surface area contributed by atoms with E-state index < -0.39 is 7.12 Å². The molecular weight excluding hydrogens is 238 g/mol. The minimum Gasteiger partial charge on any atom is -0.399 e. The first-order valence-corrected chi connectivity index (χ1v) is 5.87. The second-order valence-corrected chi connectivity index (χ2v) is 5.61. The Morgan fingerprint density at radius 1 is 1.24 bits per heavy atom. The molecule has 1 saturated heterocycles. The van der Waals surface area contributed by atoms with E-state index >= 15 is 0 Å². The summed E-state index contributed by atoms with van der Waals surface area (Å²) in [4.78, 5) is 3.91. The Bertz CT molecular complexity index is 435. The number of rotatable bonds is 1. The smallest absolute Gasteiger partial charge is 0.399 e. The Morgan fingerprint density at radius 2 is 1.76 bits per heavy atom. The van der Waals surface area contributed by atoms with E-state index in [1.54, 1.807) is 6.07 Å². The second kappa shape index (κ2) is 3.87. The highest BCUT2D eigenvalue weighted by Gasteiger charge is 2.52. The Kier molecular flexibility index (Phi) is 2.88. The molecule has 2 N–H and O–H groups in total. The summed E-state index contributed by atoms with van der Waals surface area (Å²) in [5, 5.41) is 0.379.